The molecule has 6 heteroatoms. The minimum Gasteiger partial charge on any atom is -0.493 e. The van der Waals surface area contributed by atoms with E-state index in [4.69, 9.17) is 14.2 Å². The summed E-state index contributed by atoms with van der Waals surface area (Å²) in [4.78, 5) is 4.22. The van der Waals surface area contributed by atoms with E-state index in [1.54, 1.807) is 28.4 Å². The lowest BCUT2D eigenvalue weighted by molar-refractivity contribution is 0.0268. The van der Waals surface area contributed by atoms with Crippen LogP contribution >= 0.6 is 0 Å². The topological polar surface area (TPSA) is 64.1 Å². The lowest BCUT2D eigenvalue weighted by Gasteiger charge is -2.24. The van der Waals surface area contributed by atoms with Crippen molar-refractivity contribution in [3.8, 4) is 11.5 Å². The molecule has 136 valence electrons. The fraction of sp³-hybridized carbons (Fsp3) is 0.611. The van der Waals surface area contributed by atoms with Gasteiger partial charge in [-0.25, -0.2) is 0 Å². The molecule has 0 spiro atoms. The van der Waals surface area contributed by atoms with Crippen LogP contribution < -0.4 is 20.1 Å². The Bertz CT molecular complexity index is 530. The molecule has 1 aromatic carbocycles. The second-order valence-electron chi connectivity index (χ2n) is 6.11. The summed E-state index contributed by atoms with van der Waals surface area (Å²) in [5.41, 5.74) is 0.995. The summed E-state index contributed by atoms with van der Waals surface area (Å²) in [7, 11) is 6.77. The van der Waals surface area contributed by atoms with Crippen LogP contribution in [0, 0.1) is 0 Å². The molecule has 0 unspecified atom stereocenters. The van der Waals surface area contributed by atoms with Gasteiger partial charge in [-0.05, 0) is 44.4 Å². The predicted molar refractivity (Wildman–Crippen MR) is 98.3 cm³/mol. The largest absolute Gasteiger partial charge is 0.493 e. The van der Waals surface area contributed by atoms with Crippen molar-refractivity contribution < 1.29 is 14.2 Å². The Balaban J connectivity index is 2.39. The first-order chi connectivity index (χ1) is 11.5. The highest BCUT2D eigenvalue weighted by molar-refractivity contribution is 5.79. The molecule has 0 fully saturated rings. The number of aliphatic imine (C=N–C) groups is 1. The highest BCUT2D eigenvalue weighted by atomic mass is 16.5. The molecule has 2 N–H and O–H groups in total. The average molecular weight is 337 g/mol. The van der Waals surface area contributed by atoms with Crippen molar-refractivity contribution in [2.45, 2.75) is 32.3 Å². The molecule has 0 atom stereocenters. The molecule has 0 saturated heterocycles. The summed E-state index contributed by atoms with van der Waals surface area (Å²) in [5, 5.41) is 6.58. The van der Waals surface area contributed by atoms with Gasteiger partial charge in [0.25, 0.3) is 0 Å². The van der Waals surface area contributed by atoms with E-state index in [0.717, 1.165) is 36.8 Å². The monoisotopic (exact) mass is 337 g/mol. The number of hydrogen-bond donors (Lipinski definition) is 2. The van der Waals surface area contributed by atoms with Crippen LogP contribution in [0.5, 0.6) is 11.5 Å². The third-order valence-corrected chi connectivity index (χ3v) is 3.84. The molecule has 0 radical (unpaired) electrons. The van der Waals surface area contributed by atoms with Gasteiger partial charge >= 0.3 is 0 Å². The van der Waals surface area contributed by atoms with Crippen LogP contribution in [0.4, 0.5) is 0 Å². The molecule has 24 heavy (non-hydrogen) atoms. The lowest BCUT2D eigenvalue weighted by Crippen LogP contribution is -2.45. The van der Waals surface area contributed by atoms with Crippen LogP contribution in [-0.4, -0.2) is 53.0 Å². The number of guanidine groups is 1. The van der Waals surface area contributed by atoms with Crippen molar-refractivity contribution in [1.29, 1.82) is 0 Å². The highest BCUT2D eigenvalue weighted by Gasteiger charge is 2.16. The van der Waals surface area contributed by atoms with Gasteiger partial charge in [-0.15, -0.1) is 0 Å². The Morgan fingerprint density at radius 2 is 1.79 bits per heavy atom. The molecule has 1 rings (SSSR count). The van der Waals surface area contributed by atoms with Gasteiger partial charge in [0, 0.05) is 27.2 Å². The third-order valence-electron chi connectivity index (χ3n) is 3.84. The highest BCUT2D eigenvalue weighted by Crippen LogP contribution is 2.27. The molecule has 1 aromatic rings. The van der Waals surface area contributed by atoms with Gasteiger partial charge < -0.3 is 24.8 Å². The molecule has 0 aliphatic heterocycles. The van der Waals surface area contributed by atoms with Crippen molar-refractivity contribution in [2.75, 3.05) is 41.5 Å². The Morgan fingerprint density at radius 1 is 1.08 bits per heavy atom. The first-order valence-electron chi connectivity index (χ1n) is 8.16. The summed E-state index contributed by atoms with van der Waals surface area (Å²) < 4.78 is 16.0. The molecule has 0 aliphatic rings. The van der Waals surface area contributed by atoms with Gasteiger partial charge in [-0.1, -0.05) is 6.07 Å². The number of rotatable bonds is 9. The maximum atomic E-state index is 5.39. The molecule has 0 amide bonds. The van der Waals surface area contributed by atoms with E-state index in [-0.39, 0.29) is 5.60 Å². The Morgan fingerprint density at radius 3 is 2.38 bits per heavy atom. The quantitative estimate of drug-likeness (QED) is 0.411. The lowest BCUT2D eigenvalue weighted by atomic mass is 10.1. The van der Waals surface area contributed by atoms with Crippen LogP contribution in [-0.2, 0) is 11.2 Å². The molecule has 6 nitrogen and oxygen atoms in total. The van der Waals surface area contributed by atoms with Gasteiger partial charge in [0.05, 0.1) is 19.8 Å². The van der Waals surface area contributed by atoms with Gasteiger partial charge in [0.15, 0.2) is 17.5 Å². The number of nitrogens with zero attached hydrogens (tertiary/aromatic N) is 1. The normalized spacial score (nSPS) is 12.0. The summed E-state index contributed by atoms with van der Waals surface area (Å²) in [6.07, 6.45) is 1.94. The molecular weight excluding hydrogens is 306 g/mol. The number of ether oxygens (including phenoxy) is 3. The van der Waals surface area contributed by atoms with E-state index in [2.05, 4.69) is 21.7 Å². The standard InChI is InChI=1S/C18H31N3O3/c1-18(2,24-6)13-21-17(19-3)20-11-7-8-14-9-10-15(22-4)16(12-14)23-5/h9-10,12H,7-8,11,13H2,1-6H3,(H2,19,20,21). The Kier molecular flexibility index (Phi) is 8.40. The molecule has 0 saturated carbocycles. The SMILES string of the molecule is CN=C(NCCCc1ccc(OC)c(OC)c1)NCC(C)(C)OC. The minimum atomic E-state index is -0.225. The molecule has 0 bridgehead atoms. The molecular formula is C18H31N3O3. The third kappa shape index (κ3) is 6.66. The Hall–Kier alpha value is -1.95. The van der Waals surface area contributed by atoms with Gasteiger partial charge in [0.2, 0.25) is 0 Å². The summed E-state index contributed by atoms with van der Waals surface area (Å²) in [6.45, 7) is 5.59. The van der Waals surface area contributed by atoms with Crippen LogP contribution in [0.1, 0.15) is 25.8 Å². The van der Waals surface area contributed by atoms with E-state index in [9.17, 15) is 0 Å². The van der Waals surface area contributed by atoms with E-state index in [0.29, 0.717) is 6.54 Å². The number of nitrogens with one attached hydrogen (secondary N) is 2. The van der Waals surface area contributed by atoms with Crippen LogP contribution in [0.15, 0.2) is 23.2 Å². The number of hydrogen-bond acceptors (Lipinski definition) is 4. The first-order valence-corrected chi connectivity index (χ1v) is 8.16. The molecule has 0 aliphatic carbocycles. The molecule has 0 heterocycles. The zero-order valence-electron chi connectivity index (χ0n) is 15.7. The number of methoxy groups -OCH3 is 3. The predicted octanol–water partition coefficient (Wildman–Crippen LogP) is 2.23. The zero-order chi connectivity index (χ0) is 18.0. The van der Waals surface area contributed by atoms with Crippen LogP contribution in [0.25, 0.3) is 0 Å². The first kappa shape index (κ1) is 20.1. The second-order valence-corrected chi connectivity index (χ2v) is 6.11. The van der Waals surface area contributed by atoms with E-state index in [1.807, 2.05) is 26.0 Å². The number of benzene rings is 1. The fourth-order valence-corrected chi connectivity index (χ4v) is 2.12. The van der Waals surface area contributed by atoms with Gasteiger partial charge in [0.1, 0.15) is 0 Å². The van der Waals surface area contributed by atoms with E-state index >= 15 is 0 Å². The van der Waals surface area contributed by atoms with Crippen molar-refractivity contribution >= 4 is 5.96 Å². The van der Waals surface area contributed by atoms with E-state index in [1.165, 1.54) is 5.56 Å². The smallest absolute Gasteiger partial charge is 0.191 e. The molecule has 0 aromatic heterocycles. The van der Waals surface area contributed by atoms with Crippen molar-refractivity contribution in [3.63, 3.8) is 0 Å². The van der Waals surface area contributed by atoms with Crippen molar-refractivity contribution in [3.05, 3.63) is 23.8 Å². The summed E-state index contributed by atoms with van der Waals surface area (Å²) in [5.74, 6) is 2.31. The zero-order valence-corrected chi connectivity index (χ0v) is 15.7. The van der Waals surface area contributed by atoms with Crippen LogP contribution in [0.3, 0.4) is 0 Å². The second kappa shape index (κ2) is 10.0. The van der Waals surface area contributed by atoms with E-state index < -0.39 is 0 Å². The summed E-state index contributed by atoms with van der Waals surface area (Å²) in [6, 6.07) is 6.03. The van der Waals surface area contributed by atoms with Gasteiger partial charge in [-0.3, -0.25) is 4.99 Å². The maximum absolute atomic E-state index is 5.39. The minimum absolute atomic E-state index is 0.225. The van der Waals surface area contributed by atoms with Crippen molar-refractivity contribution in [2.24, 2.45) is 4.99 Å². The fourth-order valence-electron chi connectivity index (χ4n) is 2.12. The maximum Gasteiger partial charge on any atom is 0.191 e. The Labute approximate surface area is 145 Å². The van der Waals surface area contributed by atoms with Crippen LogP contribution in [0.2, 0.25) is 0 Å². The average Bonchev–Trinajstić information content (AvgIpc) is 2.60. The van der Waals surface area contributed by atoms with Gasteiger partial charge in [-0.2, -0.15) is 0 Å². The van der Waals surface area contributed by atoms with Crippen molar-refractivity contribution in [1.82, 2.24) is 10.6 Å². The number of aryl methyl sites for hydroxylation is 1. The summed E-state index contributed by atoms with van der Waals surface area (Å²) >= 11 is 0.